The Kier molecular flexibility index (Phi) is 7.80. The fraction of sp³-hybridized carbons (Fsp3) is 0. The zero-order valence-corrected chi connectivity index (χ0v) is 33.9. The number of rotatable bonds is 6. The number of hydrogen-bond acceptors (Lipinski definition) is 4. The number of fused-ring (bicyclic) bond motifs is 9. The van der Waals surface area contributed by atoms with Crippen LogP contribution in [-0.2, 0) is 0 Å². The number of para-hydroxylation sites is 2. The van der Waals surface area contributed by atoms with E-state index in [0.717, 1.165) is 101 Å². The van der Waals surface area contributed by atoms with E-state index in [0.29, 0.717) is 0 Å². The van der Waals surface area contributed by atoms with Crippen LogP contribution in [0.5, 0.6) is 0 Å². The normalized spacial score (nSPS) is 11.8. The van der Waals surface area contributed by atoms with Gasteiger partial charge in [-0.15, -0.1) is 0 Å². The Bertz CT molecular complexity index is 3860. The molecule has 0 fully saturated rings. The van der Waals surface area contributed by atoms with Crippen molar-refractivity contribution in [2.75, 3.05) is 0 Å². The van der Waals surface area contributed by atoms with Crippen molar-refractivity contribution >= 4 is 65.8 Å². The molecule has 0 aliphatic heterocycles. The van der Waals surface area contributed by atoms with Crippen molar-refractivity contribution in [3.63, 3.8) is 0 Å². The first-order valence-electron chi connectivity index (χ1n) is 21.2. The predicted molar refractivity (Wildman–Crippen MR) is 258 cm³/mol. The third-order valence-corrected chi connectivity index (χ3v) is 12.4. The van der Waals surface area contributed by atoms with Crippen molar-refractivity contribution in [1.29, 1.82) is 0 Å². The minimum atomic E-state index is 0.725. The zero-order chi connectivity index (χ0) is 41.4. The van der Waals surface area contributed by atoms with Crippen LogP contribution in [0.3, 0.4) is 0 Å². The van der Waals surface area contributed by atoms with Crippen molar-refractivity contribution in [3.05, 3.63) is 212 Å². The van der Waals surface area contributed by atoms with Gasteiger partial charge in [-0.3, -0.25) is 9.55 Å². The minimum absolute atomic E-state index is 0.725. The summed E-state index contributed by atoms with van der Waals surface area (Å²) in [4.78, 5) is 14.9. The second kappa shape index (κ2) is 14.0. The minimum Gasteiger partial charge on any atom is -0.453 e. The van der Waals surface area contributed by atoms with E-state index in [4.69, 9.17) is 14.4 Å². The molecule has 6 aromatic heterocycles. The first-order chi connectivity index (χ1) is 31.2. The molecule has 13 rings (SSSR count). The number of furan rings is 1. The second-order valence-corrected chi connectivity index (χ2v) is 16.0. The van der Waals surface area contributed by atoms with Crippen LogP contribution in [0.1, 0.15) is 0 Å². The van der Waals surface area contributed by atoms with Crippen LogP contribution in [0.2, 0.25) is 0 Å². The number of benzene rings is 7. The van der Waals surface area contributed by atoms with E-state index in [1.807, 2.05) is 36.4 Å². The maximum Gasteiger partial charge on any atom is 0.155 e. The molecule has 0 spiro atoms. The standard InChI is InChI=1S/C57H35N5O/c1-3-13-36(14-4-1)47-34-42(35-48(59-47)37-15-5-2-6-16-37)61-49-21-9-7-19-43(49)45-26-24-41(33-52(45)61)39-18-11-17-38(31-39)40-25-27-51-46(32-40)44-20-8-10-22-50(44)62(51)55-29-28-54-57(60-55)56-53(63-54)23-12-30-58-56/h1-35H. The molecule has 294 valence electrons. The Hall–Kier alpha value is -8.61. The summed E-state index contributed by atoms with van der Waals surface area (Å²) in [7, 11) is 0. The fourth-order valence-electron chi connectivity index (χ4n) is 9.45. The summed E-state index contributed by atoms with van der Waals surface area (Å²) in [5, 5.41) is 4.75. The van der Waals surface area contributed by atoms with Gasteiger partial charge in [0.05, 0.1) is 39.1 Å². The molecule has 63 heavy (non-hydrogen) atoms. The van der Waals surface area contributed by atoms with E-state index in [1.54, 1.807) is 6.20 Å². The van der Waals surface area contributed by atoms with Gasteiger partial charge in [0.1, 0.15) is 16.9 Å². The molecule has 0 amide bonds. The molecule has 6 nitrogen and oxygen atoms in total. The van der Waals surface area contributed by atoms with Gasteiger partial charge in [-0.05, 0) is 95.1 Å². The van der Waals surface area contributed by atoms with E-state index in [9.17, 15) is 0 Å². The number of nitrogens with zero attached hydrogens (tertiary/aromatic N) is 5. The molecule has 13 aromatic rings. The summed E-state index contributed by atoms with van der Waals surface area (Å²) in [6.45, 7) is 0. The number of aromatic nitrogens is 5. The van der Waals surface area contributed by atoms with Gasteiger partial charge in [-0.2, -0.15) is 0 Å². The van der Waals surface area contributed by atoms with Crippen molar-refractivity contribution in [1.82, 2.24) is 24.1 Å². The average Bonchev–Trinajstić information content (AvgIpc) is 4.01. The zero-order valence-electron chi connectivity index (χ0n) is 33.9. The first-order valence-corrected chi connectivity index (χ1v) is 21.2. The molecule has 0 saturated carbocycles. The highest BCUT2D eigenvalue weighted by Crippen LogP contribution is 2.39. The fourth-order valence-corrected chi connectivity index (χ4v) is 9.45. The summed E-state index contributed by atoms with van der Waals surface area (Å²) in [5.41, 5.74) is 17.1. The number of hydrogen-bond donors (Lipinski definition) is 0. The third kappa shape index (κ3) is 5.69. The topological polar surface area (TPSA) is 61.7 Å². The molecule has 0 unspecified atom stereocenters. The Morgan fingerprint density at radius 2 is 0.905 bits per heavy atom. The molecule has 0 atom stereocenters. The molecule has 0 aliphatic carbocycles. The van der Waals surface area contributed by atoms with Crippen LogP contribution in [0.4, 0.5) is 0 Å². The van der Waals surface area contributed by atoms with E-state index >= 15 is 0 Å². The monoisotopic (exact) mass is 805 g/mol. The van der Waals surface area contributed by atoms with Crippen LogP contribution in [0, 0.1) is 0 Å². The Morgan fingerprint density at radius 3 is 1.65 bits per heavy atom. The molecular weight excluding hydrogens is 771 g/mol. The van der Waals surface area contributed by atoms with E-state index < -0.39 is 0 Å². The highest BCUT2D eigenvalue weighted by atomic mass is 16.3. The smallest absolute Gasteiger partial charge is 0.155 e. The lowest BCUT2D eigenvalue weighted by molar-refractivity contribution is 0.667. The van der Waals surface area contributed by atoms with E-state index in [2.05, 4.69) is 184 Å². The average molecular weight is 806 g/mol. The van der Waals surface area contributed by atoms with E-state index in [-0.39, 0.29) is 0 Å². The van der Waals surface area contributed by atoms with Gasteiger partial charge in [0.25, 0.3) is 0 Å². The van der Waals surface area contributed by atoms with Crippen molar-refractivity contribution < 1.29 is 4.42 Å². The van der Waals surface area contributed by atoms with Gasteiger partial charge in [0.2, 0.25) is 0 Å². The van der Waals surface area contributed by atoms with Crippen LogP contribution >= 0.6 is 0 Å². The SMILES string of the molecule is c1ccc(-c2cc(-n3c4ccccc4c4ccc(-c5cccc(-c6ccc7c(c6)c6ccccc6n7-c6ccc7oc8cccnc8c7n6)c5)cc43)cc(-c3ccccc3)n2)cc1. The highest BCUT2D eigenvalue weighted by Gasteiger charge is 2.19. The van der Waals surface area contributed by atoms with Gasteiger partial charge in [0.15, 0.2) is 11.2 Å². The third-order valence-electron chi connectivity index (χ3n) is 12.4. The molecule has 7 aromatic carbocycles. The van der Waals surface area contributed by atoms with Gasteiger partial charge >= 0.3 is 0 Å². The first kappa shape index (κ1) is 35.2. The van der Waals surface area contributed by atoms with Crippen molar-refractivity contribution in [2.45, 2.75) is 0 Å². The highest BCUT2D eigenvalue weighted by molar-refractivity contribution is 6.12. The molecule has 0 bridgehead atoms. The van der Waals surface area contributed by atoms with Crippen molar-refractivity contribution in [3.8, 4) is 56.3 Å². The molecule has 0 aliphatic rings. The lowest BCUT2D eigenvalue weighted by atomic mass is 9.97. The summed E-state index contributed by atoms with van der Waals surface area (Å²) in [6, 6.07) is 73.0. The number of pyridine rings is 3. The summed E-state index contributed by atoms with van der Waals surface area (Å²) < 4.78 is 10.7. The van der Waals surface area contributed by atoms with Gasteiger partial charge in [0, 0.05) is 38.9 Å². The molecular formula is C57H35N5O. The van der Waals surface area contributed by atoms with Crippen LogP contribution in [0.25, 0.3) is 122 Å². The second-order valence-electron chi connectivity index (χ2n) is 16.0. The van der Waals surface area contributed by atoms with Crippen LogP contribution in [0.15, 0.2) is 217 Å². The molecule has 6 heteroatoms. The Balaban J connectivity index is 0.942. The molecule has 0 saturated heterocycles. The quantitative estimate of drug-likeness (QED) is 0.168. The predicted octanol–water partition coefficient (Wildman–Crippen LogP) is 14.6. The molecule has 6 heterocycles. The lowest BCUT2D eigenvalue weighted by Crippen LogP contribution is -1.98. The maximum absolute atomic E-state index is 6.07. The van der Waals surface area contributed by atoms with Crippen LogP contribution in [-0.4, -0.2) is 24.1 Å². The van der Waals surface area contributed by atoms with Gasteiger partial charge < -0.3 is 8.98 Å². The van der Waals surface area contributed by atoms with Crippen LogP contribution < -0.4 is 0 Å². The Labute approximate surface area is 361 Å². The van der Waals surface area contributed by atoms with E-state index in [1.165, 1.54) is 21.5 Å². The van der Waals surface area contributed by atoms with Crippen molar-refractivity contribution in [2.24, 2.45) is 0 Å². The lowest BCUT2D eigenvalue weighted by Gasteiger charge is -2.14. The summed E-state index contributed by atoms with van der Waals surface area (Å²) >= 11 is 0. The maximum atomic E-state index is 6.07. The summed E-state index contributed by atoms with van der Waals surface area (Å²) in [6.07, 6.45) is 1.78. The van der Waals surface area contributed by atoms with Gasteiger partial charge in [-0.1, -0.05) is 133 Å². The summed E-state index contributed by atoms with van der Waals surface area (Å²) in [5.74, 6) is 0.823. The molecule has 0 radical (unpaired) electrons. The molecule has 0 N–H and O–H groups in total. The Morgan fingerprint density at radius 1 is 0.333 bits per heavy atom. The largest absolute Gasteiger partial charge is 0.453 e. The van der Waals surface area contributed by atoms with Gasteiger partial charge in [-0.25, -0.2) is 9.97 Å².